The minimum atomic E-state index is 0.327. The van der Waals surface area contributed by atoms with Crippen molar-refractivity contribution in [3.8, 4) is 5.75 Å². The Bertz CT molecular complexity index is 394. The van der Waals surface area contributed by atoms with E-state index in [1.54, 1.807) is 0 Å². The molecule has 1 aliphatic rings. The molecule has 1 aliphatic heterocycles. The van der Waals surface area contributed by atoms with Gasteiger partial charge in [-0.1, -0.05) is 18.6 Å². The smallest absolute Gasteiger partial charge is 0.119 e. The summed E-state index contributed by atoms with van der Waals surface area (Å²) < 4.78 is 5.49. The first kappa shape index (κ1) is 15.3. The fourth-order valence-electron chi connectivity index (χ4n) is 2.99. The number of nitrogens with zero attached hydrogens (tertiary/aromatic N) is 1. The van der Waals surface area contributed by atoms with Crippen molar-refractivity contribution in [3.63, 3.8) is 0 Å². The van der Waals surface area contributed by atoms with Crippen LogP contribution in [0.3, 0.4) is 0 Å². The minimum absolute atomic E-state index is 0.327. The van der Waals surface area contributed by atoms with E-state index in [9.17, 15) is 0 Å². The Kier molecular flexibility index (Phi) is 5.44. The average Bonchev–Trinajstić information content (AvgIpc) is 2.44. The summed E-state index contributed by atoms with van der Waals surface area (Å²) in [7, 11) is 0. The molecule has 20 heavy (non-hydrogen) atoms. The lowest BCUT2D eigenvalue weighted by Gasteiger charge is -2.41. The van der Waals surface area contributed by atoms with Crippen LogP contribution in [0.4, 0.5) is 0 Å². The van der Waals surface area contributed by atoms with Crippen LogP contribution < -0.4 is 10.2 Å². The van der Waals surface area contributed by atoms with Crippen molar-refractivity contribution < 1.29 is 4.74 Å². The van der Waals surface area contributed by atoms with Crippen LogP contribution in [0.1, 0.15) is 58.6 Å². The number of ether oxygens (including phenoxy) is 1. The number of hydrogen-bond acceptors (Lipinski definition) is 3. The van der Waals surface area contributed by atoms with E-state index in [4.69, 9.17) is 4.74 Å². The molecule has 0 radical (unpaired) electrons. The predicted molar refractivity (Wildman–Crippen MR) is 83.8 cm³/mol. The van der Waals surface area contributed by atoms with Crippen LogP contribution in [-0.4, -0.2) is 23.7 Å². The second-order valence-corrected chi connectivity index (χ2v) is 5.89. The van der Waals surface area contributed by atoms with Gasteiger partial charge in [-0.25, -0.2) is 10.4 Å². The van der Waals surface area contributed by atoms with E-state index in [1.807, 2.05) is 6.92 Å². The Hall–Kier alpha value is -1.06. The third-order valence-corrected chi connectivity index (χ3v) is 4.23. The Morgan fingerprint density at radius 1 is 1.20 bits per heavy atom. The molecule has 0 amide bonds. The SMILES string of the molecule is CCOc1ccc(C(C)NN2C(C)CCCC2C)cc1. The van der Waals surface area contributed by atoms with E-state index in [0.717, 1.165) is 12.4 Å². The molecule has 2 rings (SSSR count). The average molecular weight is 276 g/mol. The van der Waals surface area contributed by atoms with E-state index < -0.39 is 0 Å². The molecule has 3 unspecified atom stereocenters. The molecular weight excluding hydrogens is 248 g/mol. The van der Waals surface area contributed by atoms with Gasteiger partial charge in [-0.15, -0.1) is 0 Å². The molecule has 3 nitrogen and oxygen atoms in total. The molecule has 3 heteroatoms. The second-order valence-electron chi connectivity index (χ2n) is 5.89. The molecule has 0 spiro atoms. The van der Waals surface area contributed by atoms with Gasteiger partial charge in [0.15, 0.2) is 0 Å². The van der Waals surface area contributed by atoms with Gasteiger partial charge in [-0.05, 0) is 58.2 Å². The first-order chi connectivity index (χ1) is 9.61. The van der Waals surface area contributed by atoms with Crippen molar-refractivity contribution >= 4 is 0 Å². The van der Waals surface area contributed by atoms with E-state index in [-0.39, 0.29) is 0 Å². The van der Waals surface area contributed by atoms with Crippen LogP contribution in [-0.2, 0) is 0 Å². The summed E-state index contributed by atoms with van der Waals surface area (Å²) in [5.74, 6) is 0.947. The van der Waals surface area contributed by atoms with E-state index in [1.165, 1.54) is 24.8 Å². The summed E-state index contributed by atoms with van der Waals surface area (Å²) in [6, 6.07) is 9.98. The molecule has 1 aromatic rings. The Balaban J connectivity index is 1.98. The van der Waals surface area contributed by atoms with Crippen molar-refractivity contribution in [1.29, 1.82) is 0 Å². The standard InChI is InChI=1S/C17H28N2O/c1-5-20-17-11-9-16(10-12-17)15(4)18-19-13(2)7-6-8-14(19)3/h9-15,18H,5-8H2,1-4H3. The van der Waals surface area contributed by atoms with Crippen molar-refractivity contribution in [1.82, 2.24) is 10.4 Å². The number of nitrogens with one attached hydrogen (secondary N) is 1. The molecule has 0 aliphatic carbocycles. The van der Waals surface area contributed by atoms with Crippen LogP contribution in [0.15, 0.2) is 24.3 Å². The van der Waals surface area contributed by atoms with Crippen LogP contribution in [0, 0.1) is 0 Å². The maximum Gasteiger partial charge on any atom is 0.119 e. The lowest BCUT2D eigenvalue weighted by Crippen LogP contribution is -2.52. The van der Waals surface area contributed by atoms with Gasteiger partial charge in [0.05, 0.1) is 6.61 Å². The van der Waals surface area contributed by atoms with E-state index in [2.05, 4.69) is 55.5 Å². The van der Waals surface area contributed by atoms with Crippen molar-refractivity contribution in [2.24, 2.45) is 0 Å². The zero-order valence-electron chi connectivity index (χ0n) is 13.2. The van der Waals surface area contributed by atoms with Crippen molar-refractivity contribution in [2.75, 3.05) is 6.61 Å². The first-order valence-corrected chi connectivity index (χ1v) is 7.89. The molecular formula is C17H28N2O. The number of benzene rings is 1. The molecule has 1 aromatic carbocycles. The van der Waals surface area contributed by atoms with E-state index >= 15 is 0 Å². The molecule has 3 atom stereocenters. The van der Waals surface area contributed by atoms with Gasteiger partial charge >= 0.3 is 0 Å². The monoisotopic (exact) mass is 276 g/mol. The Labute approximate surface area is 123 Å². The molecule has 0 bridgehead atoms. The Morgan fingerprint density at radius 3 is 2.35 bits per heavy atom. The van der Waals surface area contributed by atoms with Gasteiger partial charge in [0.1, 0.15) is 5.75 Å². The normalized spacial score (nSPS) is 25.4. The minimum Gasteiger partial charge on any atom is -0.494 e. The van der Waals surface area contributed by atoms with Gasteiger partial charge in [0.25, 0.3) is 0 Å². The molecule has 1 fully saturated rings. The van der Waals surface area contributed by atoms with Crippen molar-refractivity contribution in [2.45, 2.75) is 65.1 Å². The Morgan fingerprint density at radius 2 is 1.80 bits per heavy atom. The largest absolute Gasteiger partial charge is 0.494 e. The summed E-state index contributed by atoms with van der Waals surface area (Å²) in [6.45, 7) is 9.58. The number of hydrazine groups is 1. The second kappa shape index (κ2) is 7.09. The molecule has 0 saturated carbocycles. The lowest BCUT2D eigenvalue weighted by atomic mass is 9.99. The number of hydrogen-bond donors (Lipinski definition) is 1. The number of rotatable bonds is 5. The zero-order chi connectivity index (χ0) is 14.5. The highest BCUT2D eigenvalue weighted by molar-refractivity contribution is 5.28. The summed E-state index contributed by atoms with van der Waals surface area (Å²) in [5, 5.41) is 2.44. The predicted octanol–water partition coefficient (Wildman–Crippen LogP) is 3.91. The topological polar surface area (TPSA) is 24.5 Å². The maximum atomic E-state index is 5.49. The third-order valence-electron chi connectivity index (χ3n) is 4.23. The highest BCUT2D eigenvalue weighted by atomic mass is 16.5. The fourth-order valence-corrected chi connectivity index (χ4v) is 2.99. The van der Waals surface area contributed by atoms with Crippen LogP contribution >= 0.6 is 0 Å². The summed E-state index contributed by atoms with van der Waals surface area (Å²) >= 11 is 0. The van der Waals surface area contributed by atoms with Gasteiger partial charge in [0.2, 0.25) is 0 Å². The molecule has 1 heterocycles. The fraction of sp³-hybridized carbons (Fsp3) is 0.647. The summed E-state index contributed by atoms with van der Waals surface area (Å²) in [6.07, 6.45) is 3.92. The van der Waals surface area contributed by atoms with Gasteiger partial charge in [-0.2, -0.15) is 0 Å². The van der Waals surface area contributed by atoms with Crippen LogP contribution in [0.5, 0.6) is 5.75 Å². The molecule has 0 aromatic heterocycles. The van der Waals surface area contributed by atoms with Crippen LogP contribution in [0.2, 0.25) is 0 Å². The third kappa shape index (κ3) is 3.74. The maximum absolute atomic E-state index is 5.49. The first-order valence-electron chi connectivity index (χ1n) is 7.89. The van der Waals surface area contributed by atoms with Crippen LogP contribution in [0.25, 0.3) is 0 Å². The highest BCUT2D eigenvalue weighted by Crippen LogP contribution is 2.24. The highest BCUT2D eigenvalue weighted by Gasteiger charge is 2.25. The molecule has 112 valence electrons. The summed E-state index contributed by atoms with van der Waals surface area (Å²) in [4.78, 5) is 0. The zero-order valence-corrected chi connectivity index (χ0v) is 13.2. The van der Waals surface area contributed by atoms with E-state index in [0.29, 0.717) is 18.1 Å². The van der Waals surface area contributed by atoms with Crippen molar-refractivity contribution in [3.05, 3.63) is 29.8 Å². The van der Waals surface area contributed by atoms with Gasteiger partial charge in [0, 0.05) is 18.1 Å². The lowest BCUT2D eigenvalue weighted by molar-refractivity contribution is 0.0320. The molecule has 1 saturated heterocycles. The number of piperidine rings is 1. The van der Waals surface area contributed by atoms with Gasteiger partial charge in [-0.3, -0.25) is 0 Å². The molecule has 1 N–H and O–H groups in total. The quantitative estimate of drug-likeness (QED) is 0.882. The van der Waals surface area contributed by atoms with Gasteiger partial charge < -0.3 is 4.74 Å². The summed E-state index contributed by atoms with van der Waals surface area (Å²) in [5.41, 5.74) is 4.98.